The molecule has 2 heteroatoms. The largest absolute Gasteiger partial charge is 0.462 e. The summed E-state index contributed by atoms with van der Waals surface area (Å²) in [5.41, 5.74) is 0. The molecule has 0 atom stereocenters. The molecule has 0 spiro atoms. The zero-order valence-corrected chi connectivity index (χ0v) is 10.6. The summed E-state index contributed by atoms with van der Waals surface area (Å²) in [6, 6.07) is 0. The third-order valence-electron chi connectivity index (χ3n) is 1.73. The van der Waals surface area contributed by atoms with E-state index in [0.29, 0.717) is 0 Å². The van der Waals surface area contributed by atoms with Crippen molar-refractivity contribution in [2.45, 2.75) is 13.8 Å². The summed E-state index contributed by atoms with van der Waals surface area (Å²) < 4.78 is 10.7. The van der Waals surface area contributed by atoms with Gasteiger partial charge in [0.05, 0.1) is 11.5 Å². The van der Waals surface area contributed by atoms with Crippen molar-refractivity contribution in [3.05, 3.63) is 73.3 Å². The summed E-state index contributed by atoms with van der Waals surface area (Å²) in [7, 11) is 0. The fourth-order valence-electron chi connectivity index (χ4n) is 0.851. The second-order valence-corrected chi connectivity index (χ2v) is 3.20. The quantitative estimate of drug-likeness (QED) is 0.353. The molecule has 0 amide bonds. The van der Waals surface area contributed by atoms with Crippen molar-refractivity contribution in [1.82, 2.24) is 0 Å². The molecule has 0 aromatic carbocycles. The first-order valence-electron chi connectivity index (χ1n) is 5.38. The van der Waals surface area contributed by atoms with Gasteiger partial charge in [-0.3, -0.25) is 0 Å². The minimum absolute atomic E-state index is 0.203. The van der Waals surface area contributed by atoms with Gasteiger partial charge in [-0.25, -0.2) is 0 Å². The van der Waals surface area contributed by atoms with Crippen LogP contribution in [0.1, 0.15) is 13.8 Å². The molecule has 0 bridgehead atoms. The third-order valence-corrected chi connectivity index (χ3v) is 1.73. The number of hydrogen-bond donors (Lipinski definition) is 0. The lowest BCUT2D eigenvalue weighted by Gasteiger charge is -2.07. The fourth-order valence-corrected chi connectivity index (χ4v) is 0.851. The molecule has 0 saturated heterocycles. The van der Waals surface area contributed by atoms with Gasteiger partial charge in [0.1, 0.15) is 0 Å². The number of allylic oxidation sites excluding steroid dienone is 10. The average Bonchev–Trinajstić information content (AvgIpc) is 2.30. The van der Waals surface area contributed by atoms with Gasteiger partial charge in [0.25, 0.3) is 0 Å². The van der Waals surface area contributed by atoms with Crippen molar-refractivity contribution < 1.29 is 9.47 Å². The van der Waals surface area contributed by atoms with E-state index in [4.69, 9.17) is 9.47 Å². The first kappa shape index (κ1) is 15.0. The molecule has 0 unspecified atom stereocenters. The van der Waals surface area contributed by atoms with Crippen LogP contribution >= 0.6 is 0 Å². The molecule has 0 N–H and O–H groups in total. The second kappa shape index (κ2) is 10.6. The summed E-state index contributed by atoms with van der Waals surface area (Å²) in [5, 5.41) is 0. The summed E-state index contributed by atoms with van der Waals surface area (Å²) in [4.78, 5) is 0. The van der Waals surface area contributed by atoms with Crippen LogP contribution in [0.4, 0.5) is 0 Å². The lowest BCUT2D eigenvalue weighted by molar-refractivity contribution is 0.0155. The Balaban J connectivity index is 3.90. The summed E-state index contributed by atoms with van der Waals surface area (Å²) >= 11 is 0. The van der Waals surface area contributed by atoms with Crippen LogP contribution in [0.25, 0.3) is 0 Å². The SMILES string of the molecule is C=C/C=C\C=C(/C)OCO/C(C)=C/C=C\C=C. The van der Waals surface area contributed by atoms with Gasteiger partial charge in [-0.2, -0.15) is 0 Å². The molecule has 0 aliphatic rings. The van der Waals surface area contributed by atoms with Crippen LogP contribution in [0.15, 0.2) is 73.3 Å². The van der Waals surface area contributed by atoms with Crippen molar-refractivity contribution in [1.29, 1.82) is 0 Å². The van der Waals surface area contributed by atoms with Gasteiger partial charge in [0, 0.05) is 0 Å². The van der Waals surface area contributed by atoms with Crippen LogP contribution in [-0.2, 0) is 9.47 Å². The van der Waals surface area contributed by atoms with E-state index in [1.54, 1.807) is 12.2 Å². The first-order valence-corrected chi connectivity index (χ1v) is 5.38. The summed E-state index contributed by atoms with van der Waals surface area (Å²) in [6.45, 7) is 11.1. The predicted molar refractivity (Wildman–Crippen MR) is 73.2 cm³/mol. The van der Waals surface area contributed by atoms with Gasteiger partial charge < -0.3 is 9.47 Å². The summed E-state index contributed by atoms with van der Waals surface area (Å²) in [6.07, 6.45) is 14.5. The highest BCUT2D eigenvalue weighted by atomic mass is 16.7. The van der Waals surface area contributed by atoms with E-state index in [2.05, 4.69) is 13.2 Å². The van der Waals surface area contributed by atoms with Crippen molar-refractivity contribution in [2.24, 2.45) is 0 Å². The normalized spacial score (nSPS) is 13.1. The number of ether oxygens (including phenoxy) is 2. The van der Waals surface area contributed by atoms with Crippen molar-refractivity contribution in [3.8, 4) is 0 Å². The molecule has 0 heterocycles. The van der Waals surface area contributed by atoms with Gasteiger partial charge in [-0.1, -0.05) is 49.6 Å². The van der Waals surface area contributed by atoms with Crippen LogP contribution in [-0.4, -0.2) is 6.79 Å². The van der Waals surface area contributed by atoms with E-state index < -0.39 is 0 Å². The topological polar surface area (TPSA) is 18.5 Å². The fraction of sp³-hybridized carbons (Fsp3) is 0.200. The van der Waals surface area contributed by atoms with Crippen LogP contribution in [0, 0.1) is 0 Å². The highest BCUT2D eigenvalue weighted by Crippen LogP contribution is 2.01. The van der Waals surface area contributed by atoms with Gasteiger partial charge >= 0.3 is 0 Å². The third kappa shape index (κ3) is 10.3. The van der Waals surface area contributed by atoms with E-state index in [9.17, 15) is 0 Å². The van der Waals surface area contributed by atoms with E-state index in [1.165, 1.54) is 0 Å². The molecule has 0 aromatic heterocycles. The predicted octanol–water partition coefficient (Wildman–Crippen LogP) is 4.27. The smallest absolute Gasteiger partial charge is 0.229 e. The van der Waals surface area contributed by atoms with E-state index >= 15 is 0 Å². The number of hydrogen-bond acceptors (Lipinski definition) is 2. The van der Waals surface area contributed by atoms with Crippen LogP contribution in [0.2, 0.25) is 0 Å². The Labute approximate surface area is 104 Å². The maximum Gasteiger partial charge on any atom is 0.229 e. The molecular weight excluding hydrogens is 212 g/mol. The molecule has 0 fully saturated rings. The average molecular weight is 232 g/mol. The van der Waals surface area contributed by atoms with Gasteiger partial charge in [0.2, 0.25) is 6.79 Å². The van der Waals surface area contributed by atoms with Gasteiger partial charge in [-0.15, -0.1) is 0 Å². The van der Waals surface area contributed by atoms with Crippen molar-refractivity contribution >= 4 is 0 Å². The molecule has 17 heavy (non-hydrogen) atoms. The lowest BCUT2D eigenvalue weighted by atomic mass is 10.4. The Bertz CT molecular complexity index is 310. The lowest BCUT2D eigenvalue weighted by Crippen LogP contribution is -1.96. The minimum atomic E-state index is 0.203. The molecule has 0 aliphatic carbocycles. The second-order valence-electron chi connectivity index (χ2n) is 3.20. The zero-order valence-electron chi connectivity index (χ0n) is 10.6. The highest BCUT2D eigenvalue weighted by molar-refractivity contribution is 5.11. The first-order chi connectivity index (χ1) is 8.20. The molecule has 0 saturated carbocycles. The summed E-state index contributed by atoms with van der Waals surface area (Å²) in [5.74, 6) is 1.58. The molecular formula is C15H20O2. The zero-order chi connectivity index (χ0) is 12.9. The van der Waals surface area contributed by atoms with Gasteiger partial charge in [-0.05, 0) is 26.0 Å². The standard InChI is InChI=1S/C15H20O2/c1-5-7-9-11-14(3)16-13-17-15(4)12-10-8-6-2/h5-12H,1-2,13H2,3-4H3/b9-7-,10-8-,14-11+,15-12+. The maximum atomic E-state index is 5.33. The Kier molecular flexibility index (Phi) is 9.34. The molecule has 2 nitrogen and oxygen atoms in total. The Hall–Kier alpha value is -1.96. The Morgan fingerprint density at radius 1 is 0.824 bits per heavy atom. The molecule has 0 rings (SSSR count). The Morgan fingerprint density at radius 3 is 1.59 bits per heavy atom. The monoisotopic (exact) mass is 232 g/mol. The maximum absolute atomic E-state index is 5.33. The highest BCUT2D eigenvalue weighted by Gasteiger charge is 1.90. The van der Waals surface area contributed by atoms with Crippen molar-refractivity contribution in [3.63, 3.8) is 0 Å². The van der Waals surface area contributed by atoms with Gasteiger partial charge in [0.15, 0.2) is 0 Å². The van der Waals surface area contributed by atoms with Crippen LogP contribution < -0.4 is 0 Å². The van der Waals surface area contributed by atoms with E-state index in [1.807, 2.05) is 50.3 Å². The molecule has 0 radical (unpaired) electrons. The minimum Gasteiger partial charge on any atom is -0.462 e. The van der Waals surface area contributed by atoms with E-state index in [0.717, 1.165) is 11.5 Å². The number of rotatable bonds is 8. The van der Waals surface area contributed by atoms with Crippen LogP contribution in [0.3, 0.4) is 0 Å². The molecule has 0 aromatic rings. The van der Waals surface area contributed by atoms with Crippen molar-refractivity contribution in [2.75, 3.05) is 6.79 Å². The Morgan fingerprint density at radius 2 is 1.24 bits per heavy atom. The van der Waals surface area contributed by atoms with Crippen LogP contribution in [0.5, 0.6) is 0 Å². The molecule has 0 aliphatic heterocycles. The molecule has 92 valence electrons. The van der Waals surface area contributed by atoms with E-state index in [-0.39, 0.29) is 6.79 Å².